The van der Waals surface area contributed by atoms with Crippen LogP contribution in [-0.2, 0) is 11.3 Å². The molecule has 0 aliphatic heterocycles. The van der Waals surface area contributed by atoms with Gasteiger partial charge in [0, 0.05) is 6.20 Å². The lowest BCUT2D eigenvalue weighted by atomic mass is 10.2. The molecule has 0 amide bonds. The summed E-state index contributed by atoms with van der Waals surface area (Å²) < 4.78 is 12.4. The zero-order valence-corrected chi connectivity index (χ0v) is 12.4. The van der Waals surface area contributed by atoms with E-state index in [-0.39, 0.29) is 0 Å². The van der Waals surface area contributed by atoms with E-state index in [1.54, 1.807) is 18.3 Å². The van der Waals surface area contributed by atoms with Crippen LogP contribution in [0, 0.1) is 6.92 Å². The number of imidazole rings is 1. The van der Waals surface area contributed by atoms with Crippen molar-refractivity contribution in [2.75, 3.05) is 7.11 Å². The second kappa shape index (κ2) is 5.89. The number of ether oxygens (including phenoxy) is 2. The summed E-state index contributed by atoms with van der Waals surface area (Å²) in [4.78, 5) is 16.0. The molecular weight excluding hydrogens is 280 g/mol. The van der Waals surface area contributed by atoms with E-state index < -0.39 is 5.97 Å². The van der Waals surface area contributed by atoms with Gasteiger partial charge in [-0.3, -0.25) is 4.40 Å². The van der Waals surface area contributed by atoms with Gasteiger partial charge < -0.3 is 9.47 Å². The Kier molecular flexibility index (Phi) is 3.78. The van der Waals surface area contributed by atoms with Gasteiger partial charge in [-0.1, -0.05) is 17.7 Å². The zero-order valence-electron chi connectivity index (χ0n) is 12.4. The molecule has 0 aliphatic carbocycles. The molecule has 0 atom stereocenters. The van der Waals surface area contributed by atoms with Gasteiger partial charge in [-0.2, -0.15) is 0 Å². The highest BCUT2D eigenvalue weighted by molar-refractivity contribution is 5.95. The number of benzene rings is 1. The van der Waals surface area contributed by atoms with Crippen molar-refractivity contribution in [1.29, 1.82) is 0 Å². The summed E-state index contributed by atoms with van der Waals surface area (Å²) in [6.07, 6.45) is 3.55. The van der Waals surface area contributed by atoms with Crippen LogP contribution in [0.15, 0.2) is 48.8 Å². The third kappa shape index (κ3) is 2.65. The molecule has 5 nitrogen and oxygen atoms in total. The van der Waals surface area contributed by atoms with E-state index in [0.717, 1.165) is 11.4 Å². The predicted molar refractivity (Wildman–Crippen MR) is 82.0 cm³/mol. The topological polar surface area (TPSA) is 52.8 Å². The van der Waals surface area contributed by atoms with Crippen LogP contribution in [-0.4, -0.2) is 22.5 Å². The van der Waals surface area contributed by atoms with Crippen LogP contribution in [0.25, 0.3) is 5.65 Å². The highest BCUT2D eigenvalue weighted by Crippen LogP contribution is 2.16. The number of aryl methyl sites for hydroxylation is 1. The maximum Gasteiger partial charge on any atom is 0.341 e. The van der Waals surface area contributed by atoms with Gasteiger partial charge in [-0.05, 0) is 31.2 Å². The molecule has 0 N–H and O–H groups in total. The second-order valence-corrected chi connectivity index (χ2v) is 4.96. The fourth-order valence-corrected chi connectivity index (χ4v) is 2.23. The Morgan fingerprint density at radius 3 is 2.73 bits per heavy atom. The summed E-state index contributed by atoms with van der Waals surface area (Å²) in [5.41, 5.74) is 3.05. The maximum atomic E-state index is 11.7. The summed E-state index contributed by atoms with van der Waals surface area (Å²) >= 11 is 0. The molecule has 0 spiro atoms. The number of rotatable bonds is 4. The molecule has 0 saturated carbocycles. The molecule has 5 heteroatoms. The third-order valence-corrected chi connectivity index (χ3v) is 3.43. The van der Waals surface area contributed by atoms with Crippen molar-refractivity contribution < 1.29 is 14.3 Å². The van der Waals surface area contributed by atoms with E-state index >= 15 is 0 Å². The van der Waals surface area contributed by atoms with Gasteiger partial charge in [-0.15, -0.1) is 0 Å². The first kappa shape index (κ1) is 14.1. The number of carbonyl (C=O) groups is 1. The van der Waals surface area contributed by atoms with Gasteiger partial charge in [0.15, 0.2) is 5.65 Å². The van der Waals surface area contributed by atoms with Crippen LogP contribution in [0.1, 0.15) is 21.6 Å². The van der Waals surface area contributed by atoms with Crippen molar-refractivity contribution in [2.45, 2.75) is 13.5 Å². The van der Waals surface area contributed by atoms with Crippen molar-refractivity contribution in [3.8, 4) is 5.75 Å². The zero-order chi connectivity index (χ0) is 15.5. The lowest BCUT2D eigenvalue weighted by Crippen LogP contribution is -2.05. The molecule has 0 radical (unpaired) electrons. The third-order valence-electron chi connectivity index (χ3n) is 3.43. The van der Waals surface area contributed by atoms with Gasteiger partial charge in [0.05, 0.1) is 19.0 Å². The van der Waals surface area contributed by atoms with Crippen molar-refractivity contribution in [1.82, 2.24) is 9.38 Å². The number of hydrogen-bond donors (Lipinski definition) is 0. The average molecular weight is 296 g/mol. The fourth-order valence-electron chi connectivity index (χ4n) is 2.23. The molecule has 0 saturated heterocycles. The number of fused-ring (bicyclic) bond motifs is 1. The molecule has 2 heterocycles. The first-order valence-electron chi connectivity index (χ1n) is 6.92. The van der Waals surface area contributed by atoms with Crippen molar-refractivity contribution in [3.05, 3.63) is 65.6 Å². The van der Waals surface area contributed by atoms with E-state index in [1.165, 1.54) is 12.7 Å². The van der Waals surface area contributed by atoms with Crippen molar-refractivity contribution in [3.63, 3.8) is 0 Å². The Morgan fingerprint density at radius 2 is 2.00 bits per heavy atom. The lowest BCUT2D eigenvalue weighted by Gasteiger charge is -2.07. The first-order valence-corrected chi connectivity index (χ1v) is 6.92. The molecule has 0 fully saturated rings. The number of aromatic nitrogens is 2. The summed E-state index contributed by atoms with van der Waals surface area (Å²) in [7, 11) is 1.36. The van der Waals surface area contributed by atoms with Crippen LogP contribution >= 0.6 is 0 Å². The van der Waals surface area contributed by atoms with Crippen molar-refractivity contribution >= 4 is 11.6 Å². The monoisotopic (exact) mass is 296 g/mol. The summed E-state index contributed by atoms with van der Waals surface area (Å²) in [6.45, 7) is 2.40. The van der Waals surface area contributed by atoms with E-state index in [1.807, 2.05) is 41.8 Å². The Hall–Kier alpha value is -2.82. The Bertz CT molecular complexity index is 806. The van der Waals surface area contributed by atoms with Crippen LogP contribution < -0.4 is 4.74 Å². The Balaban J connectivity index is 1.86. The highest BCUT2D eigenvalue weighted by Gasteiger charge is 2.14. The van der Waals surface area contributed by atoms with Gasteiger partial charge >= 0.3 is 5.97 Å². The molecule has 2 aromatic heterocycles. The molecule has 22 heavy (non-hydrogen) atoms. The van der Waals surface area contributed by atoms with Crippen LogP contribution in [0.3, 0.4) is 0 Å². The summed E-state index contributed by atoms with van der Waals surface area (Å²) in [5, 5.41) is 0. The smallest absolute Gasteiger partial charge is 0.341 e. The SMILES string of the molecule is COC(=O)c1cccn2c(COc3ccc(C)cc3)cnc12. The molecule has 3 aromatic rings. The Labute approximate surface area is 128 Å². The minimum Gasteiger partial charge on any atom is -0.487 e. The first-order chi connectivity index (χ1) is 10.7. The molecule has 112 valence electrons. The highest BCUT2D eigenvalue weighted by atomic mass is 16.5. The van der Waals surface area contributed by atoms with Gasteiger partial charge in [0.1, 0.15) is 17.9 Å². The number of hydrogen-bond acceptors (Lipinski definition) is 4. The summed E-state index contributed by atoms with van der Waals surface area (Å²) in [6, 6.07) is 11.3. The quantitative estimate of drug-likeness (QED) is 0.694. The minimum atomic E-state index is -0.401. The summed E-state index contributed by atoms with van der Waals surface area (Å²) in [5.74, 6) is 0.395. The molecule has 3 rings (SSSR count). The van der Waals surface area contributed by atoms with E-state index in [4.69, 9.17) is 9.47 Å². The Morgan fingerprint density at radius 1 is 1.23 bits per heavy atom. The largest absolute Gasteiger partial charge is 0.487 e. The van der Waals surface area contributed by atoms with E-state index in [2.05, 4.69) is 4.98 Å². The average Bonchev–Trinajstić information content (AvgIpc) is 2.97. The number of esters is 1. The number of pyridine rings is 1. The van der Waals surface area contributed by atoms with E-state index in [0.29, 0.717) is 17.8 Å². The van der Waals surface area contributed by atoms with Gasteiger partial charge in [0.2, 0.25) is 0 Å². The molecule has 0 bridgehead atoms. The molecular formula is C17H16N2O3. The lowest BCUT2D eigenvalue weighted by molar-refractivity contribution is 0.0602. The molecule has 0 aliphatic rings. The molecule has 0 unspecified atom stereocenters. The van der Waals surface area contributed by atoms with Crippen LogP contribution in [0.2, 0.25) is 0 Å². The second-order valence-electron chi connectivity index (χ2n) is 4.96. The minimum absolute atomic E-state index is 0.370. The number of methoxy groups -OCH3 is 1. The number of carbonyl (C=O) groups excluding carboxylic acids is 1. The van der Waals surface area contributed by atoms with Gasteiger partial charge in [-0.25, -0.2) is 9.78 Å². The predicted octanol–water partition coefficient (Wildman–Crippen LogP) is 3.01. The fraction of sp³-hybridized carbons (Fsp3) is 0.176. The van der Waals surface area contributed by atoms with Crippen LogP contribution in [0.4, 0.5) is 0 Å². The molecule has 1 aromatic carbocycles. The van der Waals surface area contributed by atoms with E-state index in [9.17, 15) is 4.79 Å². The van der Waals surface area contributed by atoms with Crippen molar-refractivity contribution in [2.24, 2.45) is 0 Å². The van der Waals surface area contributed by atoms with Crippen LogP contribution in [0.5, 0.6) is 5.75 Å². The normalized spacial score (nSPS) is 10.6. The standard InChI is InChI=1S/C17H16N2O3/c1-12-5-7-14(8-6-12)22-11-13-10-18-16-15(17(20)21-2)4-3-9-19(13)16/h3-10H,11H2,1-2H3. The number of nitrogens with zero attached hydrogens (tertiary/aromatic N) is 2. The van der Waals surface area contributed by atoms with Gasteiger partial charge in [0.25, 0.3) is 0 Å². The maximum absolute atomic E-state index is 11.7.